The maximum absolute atomic E-state index is 13.6. The first kappa shape index (κ1) is 21.4. The van der Waals surface area contributed by atoms with E-state index in [1.807, 2.05) is 44.2 Å². The topological polar surface area (TPSA) is 53.6 Å². The number of amides is 1. The fourth-order valence-electron chi connectivity index (χ4n) is 3.54. The van der Waals surface area contributed by atoms with Gasteiger partial charge in [-0.15, -0.1) is 0 Å². The van der Waals surface area contributed by atoms with Gasteiger partial charge in [0, 0.05) is 32.2 Å². The number of nitrogens with zero attached hydrogens (tertiary/aromatic N) is 1. The molecule has 0 aliphatic carbocycles. The van der Waals surface area contributed by atoms with Crippen molar-refractivity contribution in [3.05, 3.63) is 71.0 Å². The maximum atomic E-state index is 13.6. The largest absolute Gasteiger partial charge is 0.374 e. The predicted molar refractivity (Wildman–Crippen MR) is 112 cm³/mol. The summed E-state index contributed by atoms with van der Waals surface area (Å²) in [6, 6.07) is 14.6. The molecular formula is C23H30FN3O2. The SMILES string of the molecule is CC(C)OCc1ccccc1CNC(=O)CN1CCNCC1c1cccc(F)c1. The number of hydrogen-bond acceptors (Lipinski definition) is 4. The van der Waals surface area contributed by atoms with Crippen molar-refractivity contribution in [2.24, 2.45) is 0 Å². The lowest BCUT2D eigenvalue weighted by Crippen LogP contribution is -2.49. The summed E-state index contributed by atoms with van der Waals surface area (Å²) in [6.45, 7) is 7.55. The first-order valence-electron chi connectivity index (χ1n) is 10.2. The molecule has 0 spiro atoms. The number of hydrogen-bond donors (Lipinski definition) is 2. The molecule has 0 saturated carbocycles. The van der Waals surface area contributed by atoms with Crippen LogP contribution in [0.4, 0.5) is 4.39 Å². The van der Waals surface area contributed by atoms with Crippen molar-refractivity contribution in [3.63, 3.8) is 0 Å². The fraction of sp³-hybridized carbons (Fsp3) is 0.435. The van der Waals surface area contributed by atoms with E-state index in [9.17, 15) is 9.18 Å². The van der Waals surface area contributed by atoms with Crippen molar-refractivity contribution in [2.45, 2.75) is 39.1 Å². The first-order valence-corrected chi connectivity index (χ1v) is 10.2. The number of ether oxygens (including phenoxy) is 1. The second kappa shape index (κ2) is 10.5. The fourth-order valence-corrected chi connectivity index (χ4v) is 3.54. The molecular weight excluding hydrogens is 369 g/mol. The van der Waals surface area contributed by atoms with Gasteiger partial charge in [0.15, 0.2) is 0 Å². The van der Waals surface area contributed by atoms with E-state index in [2.05, 4.69) is 15.5 Å². The van der Waals surface area contributed by atoms with Crippen LogP contribution in [-0.2, 0) is 22.7 Å². The molecule has 2 N–H and O–H groups in total. The second-order valence-corrected chi connectivity index (χ2v) is 7.65. The molecule has 156 valence electrons. The van der Waals surface area contributed by atoms with Crippen LogP contribution >= 0.6 is 0 Å². The van der Waals surface area contributed by atoms with E-state index in [1.165, 1.54) is 6.07 Å². The molecule has 1 amide bonds. The van der Waals surface area contributed by atoms with Crippen molar-refractivity contribution in [1.82, 2.24) is 15.5 Å². The highest BCUT2D eigenvalue weighted by atomic mass is 19.1. The zero-order chi connectivity index (χ0) is 20.6. The molecule has 0 aromatic heterocycles. The van der Waals surface area contributed by atoms with Gasteiger partial charge in [-0.3, -0.25) is 9.69 Å². The van der Waals surface area contributed by atoms with Gasteiger partial charge < -0.3 is 15.4 Å². The van der Waals surface area contributed by atoms with Crippen molar-refractivity contribution in [3.8, 4) is 0 Å². The number of piperazine rings is 1. The lowest BCUT2D eigenvalue weighted by Gasteiger charge is -2.36. The van der Waals surface area contributed by atoms with Gasteiger partial charge in [-0.05, 0) is 42.7 Å². The Morgan fingerprint density at radius 1 is 1.24 bits per heavy atom. The van der Waals surface area contributed by atoms with Crippen LogP contribution in [0.5, 0.6) is 0 Å². The lowest BCUT2D eigenvalue weighted by molar-refractivity contribution is -0.123. The molecule has 6 heteroatoms. The Balaban J connectivity index is 1.58. The average Bonchev–Trinajstić information content (AvgIpc) is 2.71. The third-order valence-electron chi connectivity index (χ3n) is 5.10. The van der Waals surface area contributed by atoms with E-state index in [-0.39, 0.29) is 30.4 Å². The Hall–Kier alpha value is -2.28. The zero-order valence-corrected chi connectivity index (χ0v) is 17.2. The van der Waals surface area contributed by atoms with E-state index < -0.39 is 0 Å². The lowest BCUT2D eigenvalue weighted by atomic mass is 10.0. The van der Waals surface area contributed by atoms with Crippen LogP contribution in [0.2, 0.25) is 0 Å². The van der Waals surface area contributed by atoms with Crippen LogP contribution in [0.3, 0.4) is 0 Å². The molecule has 1 unspecified atom stereocenters. The molecule has 29 heavy (non-hydrogen) atoms. The second-order valence-electron chi connectivity index (χ2n) is 7.65. The minimum atomic E-state index is -0.252. The normalized spacial score (nSPS) is 17.4. The molecule has 2 aromatic rings. The summed E-state index contributed by atoms with van der Waals surface area (Å²) in [6.07, 6.45) is 0.158. The van der Waals surface area contributed by atoms with Crippen LogP contribution in [-0.4, -0.2) is 43.1 Å². The van der Waals surface area contributed by atoms with Gasteiger partial charge >= 0.3 is 0 Å². The van der Waals surface area contributed by atoms with Gasteiger partial charge in [0.05, 0.1) is 19.3 Å². The summed E-state index contributed by atoms with van der Waals surface area (Å²) in [5.41, 5.74) is 3.03. The van der Waals surface area contributed by atoms with E-state index in [0.717, 1.165) is 29.8 Å². The number of rotatable bonds is 8. The Morgan fingerprint density at radius 2 is 2.03 bits per heavy atom. The number of benzene rings is 2. The smallest absolute Gasteiger partial charge is 0.234 e. The van der Waals surface area contributed by atoms with Crippen molar-refractivity contribution >= 4 is 5.91 Å². The number of carbonyl (C=O) groups excluding carboxylic acids is 1. The summed E-state index contributed by atoms with van der Waals surface area (Å²) in [4.78, 5) is 14.7. The van der Waals surface area contributed by atoms with Crippen molar-refractivity contribution in [2.75, 3.05) is 26.2 Å². The minimum Gasteiger partial charge on any atom is -0.374 e. The Kier molecular flexibility index (Phi) is 7.75. The summed E-state index contributed by atoms with van der Waals surface area (Å²) < 4.78 is 19.4. The van der Waals surface area contributed by atoms with E-state index in [4.69, 9.17) is 4.74 Å². The predicted octanol–water partition coefficient (Wildman–Crippen LogP) is 3.01. The number of halogens is 1. The molecule has 1 aliphatic rings. The van der Waals surface area contributed by atoms with Crippen molar-refractivity contribution < 1.29 is 13.9 Å². The standard InChI is InChI=1S/C23H30FN3O2/c1-17(2)29-16-20-7-4-3-6-19(20)13-26-23(28)15-27-11-10-25-14-22(27)18-8-5-9-21(24)12-18/h3-9,12,17,22,25H,10-11,13-16H2,1-2H3,(H,26,28). The highest BCUT2D eigenvalue weighted by Crippen LogP contribution is 2.22. The summed E-state index contributed by atoms with van der Waals surface area (Å²) in [7, 11) is 0. The molecule has 1 saturated heterocycles. The molecule has 1 heterocycles. The molecule has 5 nitrogen and oxygen atoms in total. The van der Waals surface area contributed by atoms with Gasteiger partial charge in [-0.25, -0.2) is 4.39 Å². The molecule has 0 radical (unpaired) electrons. The van der Waals surface area contributed by atoms with E-state index in [1.54, 1.807) is 12.1 Å². The molecule has 0 bridgehead atoms. The summed E-state index contributed by atoms with van der Waals surface area (Å²) in [5, 5.41) is 6.36. The van der Waals surface area contributed by atoms with Crippen LogP contribution in [0, 0.1) is 5.82 Å². The number of nitrogens with one attached hydrogen (secondary N) is 2. The third-order valence-corrected chi connectivity index (χ3v) is 5.10. The zero-order valence-electron chi connectivity index (χ0n) is 17.2. The highest BCUT2D eigenvalue weighted by molar-refractivity contribution is 5.78. The Morgan fingerprint density at radius 3 is 2.79 bits per heavy atom. The van der Waals surface area contributed by atoms with Gasteiger partial charge in [-0.1, -0.05) is 36.4 Å². The van der Waals surface area contributed by atoms with Gasteiger partial charge in [0.25, 0.3) is 0 Å². The van der Waals surface area contributed by atoms with Gasteiger partial charge in [-0.2, -0.15) is 0 Å². The Bertz CT molecular complexity index is 812. The molecule has 3 rings (SSSR count). The molecule has 1 aliphatic heterocycles. The highest BCUT2D eigenvalue weighted by Gasteiger charge is 2.25. The quantitative estimate of drug-likeness (QED) is 0.717. The van der Waals surface area contributed by atoms with Gasteiger partial charge in [0.1, 0.15) is 5.82 Å². The summed E-state index contributed by atoms with van der Waals surface area (Å²) >= 11 is 0. The molecule has 1 fully saturated rings. The van der Waals surface area contributed by atoms with Gasteiger partial charge in [0.2, 0.25) is 5.91 Å². The average molecular weight is 400 g/mol. The van der Waals surface area contributed by atoms with Crippen LogP contribution in [0.1, 0.15) is 36.6 Å². The van der Waals surface area contributed by atoms with E-state index in [0.29, 0.717) is 19.7 Å². The number of carbonyl (C=O) groups is 1. The van der Waals surface area contributed by atoms with Crippen LogP contribution < -0.4 is 10.6 Å². The third kappa shape index (κ3) is 6.35. The van der Waals surface area contributed by atoms with Crippen LogP contribution in [0.25, 0.3) is 0 Å². The molecule has 2 aromatic carbocycles. The monoisotopic (exact) mass is 399 g/mol. The maximum Gasteiger partial charge on any atom is 0.234 e. The molecule has 1 atom stereocenters. The van der Waals surface area contributed by atoms with E-state index >= 15 is 0 Å². The van der Waals surface area contributed by atoms with Crippen molar-refractivity contribution in [1.29, 1.82) is 0 Å². The first-order chi connectivity index (χ1) is 14.0. The van der Waals surface area contributed by atoms with Crippen LogP contribution in [0.15, 0.2) is 48.5 Å². The summed E-state index contributed by atoms with van der Waals surface area (Å²) in [5.74, 6) is -0.286. The Labute approximate surface area is 172 Å². The minimum absolute atomic E-state index is 0.0167.